The molecule has 12 heteroatoms. The number of hydrogen-bond donors (Lipinski definition) is 0. The zero-order valence-corrected chi connectivity index (χ0v) is 28.6. The van der Waals surface area contributed by atoms with Crippen LogP contribution in [0.2, 0.25) is 5.02 Å². The van der Waals surface area contributed by atoms with Gasteiger partial charge in [-0.2, -0.15) is 4.98 Å². The first-order valence-electron chi connectivity index (χ1n) is 15.6. The van der Waals surface area contributed by atoms with E-state index in [1.807, 2.05) is 67.2 Å². The van der Waals surface area contributed by atoms with Gasteiger partial charge in [0.2, 0.25) is 0 Å². The fraction of sp³-hybridized carbons (Fsp3) is 0.471. The average Bonchev–Trinajstić information content (AvgIpc) is 2.96. The molecule has 5 rings (SSSR count). The van der Waals surface area contributed by atoms with Crippen LogP contribution in [0, 0.1) is 5.82 Å². The van der Waals surface area contributed by atoms with Crippen LogP contribution >= 0.6 is 11.6 Å². The van der Waals surface area contributed by atoms with Gasteiger partial charge in [0.25, 0.3) is 0 Å². The third-order valence-electron chi connectivity index (χ3n) is 7.94. The van der Waals surface area contributed by atoms with E-state index in [1.165, 1.54) is 17.0 Å². The molecule has 1 aliphatic heterocycles. The van der Waals surface area contributed by atoms with Gasteiger partial charge in [-0.25, -0.2) is 33.5 Å². The molecular formula is C34H41ClFN7O3. The Kier molecular flexibility index (Phi) is 9.10. The second-order valence-corrected chi connectivity index (χ2v) is 13.9. The number of anilines is 1. The summed E-state index contributed by atoms with van der Waals surface area (Å²) in [6, 6.07) is 7.44. The molecule has 0 unspecified atom stereocenters. The van der Waals surface area contributed by atoms with Crippen molar-refractivity contribution in [3.05, 3.63) is 69.4 Å². The van der Waals surface area contributed by atoms with Crippen LogP contribution in [0.15, 0.2) is 41.5 Å². The monoisotopic (exact) mass is 649 g/mol. The highest BCUT2D eigenvalue weighted by Crippen LogP contribution is 2.37. The fourth-order valence-corrected chi connectivity index (χ4v) is 6.30. The van der Waals surface area contributed by atoms with Crippen molar-refractivity contribution in [2.75, 3.05) is 18.0 Å². The lowest BCUT2D eigenvalue weighted by molar-refractivity contribution is 0.0192. The standard InChI is InChI=1S/C34H41ClFN7O3/c1-18(2)26-29(27(19(3)4)38-17-37-26)43-30-23(14-24(35)28(39-30)22-12-10-11-13-25(22)36)31(40-32(43)44)42-20(5)15-41(16-21(42)6)33(45)46-34(7,8)9/h10-14,17-21H,15-16H2,1-9H3/t20-,21-/m0/s1. The van der Waals surface area contributed by atoms with Crippen LogP contribution in [0.5, 0.6) is 0 Å². The molecular weight excluding hydrogens is 609 g/mol. The molecule has 0 N–H and O–H groups in total. The van der Waals surface area contributed by atoms with Crippen molar-refractivity contribution in [3.8, 4) is 16.9 Å². The molecule has 3 aromatic heterocycles. The van der Waals surface area contributed by atoms with Crippen molar-refractivity contribution < 1.29 is 13.9 Å². The second-order valence-electron chi connectivity index (χ2n) is 13.5. The van der Waals surface area contributed by atoms with Gasteiger partial charge in [-0.3, -0.25) is 0 Å². The molecule has 2 atom stereocenters. The topological polar surface area (TPSA) is 106 Å². The Labute approximate surface area is 273 Å². The highest BCUT2D eigenvalue weighted by atomic mass is 35.5. The molecule has 0 radical (unpaired) electrons. The van der Waals surface area contributed by atoms with Crippen molar-refractivity contribution in [3.63, 3.8) is 0 Å². The van der Waals surface area contributed by atoms with E-state index < -0.39 is 23.2 Å². The summed E-state index contributed by atoms with van der Waals surface area (Å²) in [6.07, 6.45) is 1.11. The van der Waals surface area contributed by atoms with Crippen LogP contribution < -0.4 is 10.6 Å². The number of amides is 1. The number of halogens is 2. The zero-order chi connectivity index (χ0) is 33.7. The average molecular weight is 650 g/mol. The van der Waals surface area contributed by atoms with Crippen LogP contribution in [0.4, 0.5) is 15.0 Å². The summed E-state index contributed by atoms with van der Waals surface area (Å²) in [6.45, 7) is 18.1. The van der Waals surface area contributed by atoms with Crippen molar-refractivity contribution in [1.82, 2.24) is 29.4 Å². The lowest BCUT2D eigenvalue weighted by atomic mass is 10.0. The highest BCUT2D eigenvalue weighted by molar-refractivity contribution is 6.33. The van der Waals surface area contributed by atoms with Gasteiger partial charge in [-0.05, 0) is 64.7 Å². The number of piperazine rings is 1. The Hall–Kier alpha value is -4.12. The van der Waals surface area contributed by atoms with Gasteiger partial charge in [0.15, 0.2) is 5.65 Å². The number of carbonyl (C=O) groups is 1. The molecule has 4 aromatic rings. The number of ether oxygens (including phenoxy) is 1. The van der Waals surface area contributed by atoms with E-state index in [0.29, 0.717) is 41.4 Å². The SMILES string of the molecule is CC(C)c1ncnc(C(C)C)c1-n1c(=O)nc(N2[C@@H](C)CN(C(=O)OC(C)(C)C)C[C@@H]2C)c2cc(Cl)c(-c3ccccc3F)nc21. The maximum absolute atomic E-state index is 15.1. The Morgan fingerprint density at radius 2 is 1.59 bits per heavy atom. The Bertz CT molecular complexity index is 1820. The first-order valence-corrected chi connectivity index (χ1v) is 16.0. The Morgan fingerprint density at radius 1 is 1.00 bits per heavy atom. The number of benzene rings is 1. The van der Waals surface area contributed by atoms with Gasteiger partial charge in [-0.15, -0.1) is 0 Å². The number of fused-ring (bicyclic) bond motifs is 1. The predicted molar refractivity (Wildman–Crippen MR) is 179 cm³/mol. The second kappa shape index (κ2) is 12.6. The van der Waals surface area contributed by atoms with Gasteiger partial charge in [0.05, 0.1) is 33.2 Å². The van der Waals surface area contributed by atoms with Gasteiger partial charge in [-0.1, -0.05) is 51.4 Å². The van der Waals surface area contributed by atoms with Crippen molar-refractivity contribution >= 4 is 34.5 Å². The molecule has 244 valence electrons. The summed E-state index contributed by atoms with van der Waals surface area (Å²) in [5, 5.41) is 0.707. The first-order chi connectivity index (χ1) is 21.6. The Balaban J connectivity index is 1.79. The molecule has 0 spiro atoms. The minimum Gasteiger partial charge on any atom is -0.444 e. The van der Waals surface area contributed by atoms with Crippen LogP contribution in [0.25, 0.3) is 28.0 Å². The van der Waals surface area contributed by atoms with E-state index in [0.717, 1.165) is 0 Å². The van der Waals surface area contributed by atoms with Gasteiger partial charge >= 0.3 is 11.8 Å². The first kappa shape index (κ1) is 33.2. The molecule has 1 aliphatic rings. The largest absolute Gasteiger partial charge is 0.444 e. The summed E-state index contributed by atoms with van der Waals surface area (Å²) in [4.78, 5) is 49.7. The summed E-state index contributed by atoms with van der Waals surface area (Å²) in [7, 11) is 0. The van der Waals surface area contributed by atoms with Crippen LogP contribution in [-0.4, -0.2) is 66.3 Å². The highest BCUT2D eigenvalue weighted by Gasteiger charge is 2.37. The molecule has 1 saturated heterocycles. The molecule has 0 saturated carbocycles. The van der Waals surface area contributed by atoms with Gasteiger partial charge in [0, 0.05) is 30.7 Å². The van der Waals surface area contributed by atoms with Gasteiger partial charge in [0.1, 0.15) is 23.6 Å². The maximum Gasteiger partial charge on any atom is 0.410 e. The molecule has 4 heterocycles. The molecule has 0 aliphatic carbocycles. The lowest BCUT2D eigenvalue weighted by Crippen LogP contribution is -2.59. The number of nitrogens with zero attached hydrogens (tertiary/aromatic N) is 7. The van der Waals surface area contributed by atoms with E-state index in [-0.39, 0.29) is 45.8 Å². The smallest absolute Gasteiger partial charge is 0.410 e. The lowest BCUT2D eigenvalue weighted by Gasteiger charge is -2.45. The van der Waals surface area contributed by atoms with Gasteiger partial charge < -0.3 is 14.5 Å². The molecule has 0 bridgehead atoms. The predicted octanol–water partition coefficient (Wildman–Crippen LogP) is 7.11. The van der Waals surface area contributed by atoms with Crippen molar-refractivity contribution in [2.45, 2.75) is 91.8 Å². The third kappa shape index (κ3) is 6.29. The maximum atomic E-state index is 15.1. The summed E-state index contributed by atoms with van der Waals surface area (Å²) in [5.74, 6) is -0.231. The Morgan fingerprint density at radius 3 is 2.13 bits per heavy atom. The normalized spacial score (nSPS) is 17.3. The quantitative estimate of drug-likeness (QED) is 0.225. The number of aromatic nitrogens is 5. The number of carbonyl (C=O) groups excluding carboxylic acids is 1. The minimum atomic E-state index is -0.633. The molecule has 1 aromatic carbocycles. The molecule has 10 nitrogen and oxygen atoms in total. The molecule has 1 amide bonds. The summed E-state index contributed by atoms with van der Waals surface area (Å²) < 4.78 is 22.2. The molecule has 46 heavy (non-hydrogen) atoms. The van der Waals surface area contributed by atoms with E-state index in [2.05, 4.69) is 15.0 Å². The zero-order valence-electron chi connectivity index (χ0n) is 27.8. The number of hydrogen-bond acceptors (Lipinski definition) is 8. The minimum absolute atomic E-state index is 0.0589. The summed E-state index contributed by atoms with van der Waals surface area (Å²) >= 11 is 6.86. The molecule has 1 fully saturated rings. The van der Waals surface area contributed by atoms with E-state index in [9.17, 15) is 9.59 Å². The van der Waals surface area contributed by atoms with Crippen LogP contribution in [0.1, 0.15) is 85.5 Å². The van der Waals surface area contributed by atoms with Crippen LogP contribution in [0.3, 0.4) is 0 Å². The fourth-order valence-electron chi connectivity index (χ4n) is 6.04. The van der Waals surface area contributed by atoms with Crippen LogP contribution in [-0.2, 0) is 4.74 Å². The van der Waals surface area contributed by atoms with E-state index in [1.54, 1.807) is 29.2 Å². The van der Waals surface area contributed by atoms with E-state index >= 15 is 4.39 Å². The van der Waals surface area contributed by atoms with Crippen molar-refractivity contribution in [2.24, 2.45) is 0 Å². The van der Waals surface area contributed by atoms with Crippen molar-refractivity contribution in [1.29, 1.82) is 0 Å². The number of pyridine rings is 1. The summed E-state index contributed by atoms with van der Waals surface area (Å²) in [5.41, 5.74) is 1.27. The third-order valence-corrected chi connectivity index (χ3v) is 8.23. The number of rotatable bonds is 5. The van der Waals surface area contributed by atoms with E-state index in [4.69, 9.17) is 21.3 Å².